The third-order valence-electron chi connectivity index (χ3n) is 6.11. The number of fused-ring (bicyclic) bond motifs is 2. The molecule has 1 amide bonds. The quantitative estimate of drug-likeness (QED) is 0.182. The van der Waals surface area contributed by atoms with Crippen LogP contribution in [0.4, 0.5) is 5.69 Å². The van der Waals surface area contributed by atoms with E-state index in [1.165, 1.54) is 18.3 Å². The molecule has 0 aliphatic carbocycles. The lowest BCUT2D eigenvalue weighted by molar-refractivity contribution is -0.385. The fourth-order valence-corrected chi connectivity index (χ4v) is 4.22. The number of rotatable bonds is 6. The monoisotopic (exact) mass is 517 g/mol. The average Bonchev–Trinajstić information content (AvgIpc) is 3.44. The van der Waals surface area contributed by atoms with Gasteiger partial charge in [-0.25, -0.2) is 15.4 Å². The molecule has 10 heteroatoms. The Hall–Kier alpha value is -5.64. The summed E-state index contributed by atoms with van der Waals surface area (Å²) in [5.41, 5.74) is 7.09. The molecule has 0 unspecified atom stereocenters. The zero-order chi connectivity index (χ0) is 26.8. The van der Waals surface area contributed by atoms with Crippen molar-refractivity contribution < 1.29 is 19.2 Å². The van der Waals surface area contributed by atoms with Crippen LogP contribution < -0.4 is 14.9 Å². The van der Waals surface area contributed by atoms with E-state index in [0.717, 1.165) is 16.8 Å². The van der Waals surface area contributed by atoms with Crippen molar-refractivity contribution in [1.82, 2.24) is 15.4 Å². The highest BCUT2D eigenvalue weighted by Crippen LogP contribution is 2.37. The lowest BCUT2D eigenvalue weighted by Crippen LogP contribution is -2.17. The first-order chi connectivity index (χ1) is 19.1. The molecule has 1 aromatic heterocycles. The maximum atomic E-state index is 12.9. The summed E-state index contributed by atoms with van der Waals surface area (Å²) in [6.07, 6.45) is 1.19. The summed E-state index contributed by atoms with van der Waals surface area (Å²) in [6.45, 7) is -0.0203. The Morgan fingerprint density at radius 3 is 2.10 bits per heavy atom. The van der Waals surface area contributed by atoms with Gasteiger partial charge in [0.05, 0.1) is 45.2 Å². The molecule has 1 aliphatic heterocycles. The van der Waals surface area contributed by atoms with Gasteiger partial charge in [0.15, 0.2) is 11.5 Å². The molecule has 0 fully saturated rings. The van der Waals surface area contributed by atoms with E-state index in [1.54, 1.807) is 18.2 Å². The van der Waals surface area contributed by atoms with Crippen LogP contribution in [-0.4, -0.2) is 33.8 Å². The maximum absolute atomic E-state index is 12.9. The minimum atomic E-state index is -0.554. The summed E-state index contributed by atoms with van der Waals surface area (Å²) >= 11 is 0. The molecule has 4 aromatic carbocycles. The SMILES string of the molecule is O=C(NN=Cc1cc2c(cc1[N+](=O)[O-])OCO2)c1ccc2nc(-c3ccccc3)c(-c3ccccc3)nc2c1. The number of hydrogen-bond donors (Lipinski definition) is 1. The highest BCUT2D eigenvalue weighted by Gasteiger charge is 2.22. The van der Waals surface area contributed by atoms with Gasteiger partial charge in [-0.2, -0.15) is 5.10 Å². The second-order valence-corrected chi connectivity index (χ2v) is 8.58. The van der Waals surface area contributed by atoms with Crippen molar-refractivity contribution >= 4 is 28.8 Å². The van der Waals surface area contributed by atoms with Crippen LogP contribution in [0.2, 0.25) is 0 Å². The van der Waals surface area contributed by atoms with E-state index in [0.29, 0.717) is 28.0 Å². The molecule has 2 heterocycles. The number of hydrogen-bond acceptors (Lipinski definition) is 8. The number of carbonyl (C=O) groups excluding carboxylic acids is 1. The molecule has 39 heavy (non-hydrogen) atoms. The van der Waals surface area contributed by atoms with Gasteiger partial charge in [0.25, 0.3) is 11.6 Å². The van der Waals surface area contributed by atoms with Gasteiger partial charge in [-0.15, -0.1) is 0 Å². The molecule has 5 aromatic rings. The largest absolute Gasteiger partial charge is 0.454 e. The summed E-state index contributed by atoms with van der Waals surface area (Å²) in [4.78, 5) is 33.5. The van der Waals surface area contributed by atoms with E-state index >= 15 is 0 Å². The Morgan fingerprint density at radius 2 is 1.46 bits per heavy atom. The number of aromatic nitrogens is 2. The van der Waals surface area contributed by atoms with E-state index in [-0.39, 0.29) is 23.8 Å². The molecule has 1 aliphatic rings. The summed E-state index contributed by atoms with van der Waals surface area (Å²) in [5.74, 6) is 0.141. The molecule has 0 radical (unpaired) electrons. The molecule has 0 bridgehead atoms. The third kappa shape index (κ3) is 4.74. The van der Waals surface area contributed by atoms with Crippen LogP contribution in [0.15, 0.2) is 96.1 Å². The number of nitro benzene ring substituents is 1. The van der Waals surface area contributed by atoms with Gasteiger partial charge in [-0.1, -0.05) is 60.7 Å². The number of hydrazone groups is 1. The molecule has 0 saturated carbocycles. The molecule has 0 atom stereocenters. The Balaban J connectivity index is 1.31. The van der Waals surface area contributed by atoms with E-state index in [9.17, 15) is 14.9 Å². The Kier molecular flexibility index (Phi) is 6.10. The lowest BCUT2D eigenvalue weighted by atomic mass is 10.0. The number of nitro groups is 1. The third-order valence-corrected chi connectivity index (χ3v) is 6.11. The molecule has 6 rings (SSSR count). The highest BCUT2D eigenvalue weighted by atomic mass is 16.7. The smallest absolute Gasteiger partial charge is 0.282 e. The molecule has 0 saturated heterocycles. The van der Waals surface area contributed by atoms with Gasteiger partial charge < -0.3 is 9.47 Å². The van der Waals surface area contributed by atoms with Crippen molar-refractivity contribution in [3.63, 3.8) is 0 Å². The minimum absolute atomic E-state index is 0.0203. The summed E-state index contributed by atoms with van der Waals surface area (Å²) in [6, 6.07) is 27.2. The summed E-state index contributed by atoms with van der Waals surface area (Å²) in [5, 5.41) is 15.4. The fourth-order valence-electron chi connectivity index (χ4n) is 4.22. The van der Waals surface area contributed by atoms with Gasteiger partial charge in [0.1, 0.15) is 0 Å². The topological polar surface area (TPSA) is 129 Å². The number of nitrogens with zero attached hydrogens (tertiary/aromatic N) is 4. The highest BCUT2D eigenvalue weighted by molar-refractivity contribution is 5.99. The van der Waals surface area contributed by atoms with Crippen molar-refractivity contribution in [1.29, 1.82) is 0 Å². The number of amides is 1. The summed E-state index contributed by atoms with van der Waals surface area (Å²) < 4.78 is 10.5. The number of ether oxygens (including phenoxy) is 2. The van der Waals surface area contributed by atoms with Crippen molar-refractivity contribution in [2.75, 3.05) is 6.79 Å². The first kappa shape index (κ1) is 23.7. The van der Waals surface area contributed by atoms with Crippen LogP contribution in [0.25, 0.3) is 33.5 Å². The summed E-state index contributed by atoms with van der Waals surface area (Å²) in [7, 11) is 0. The molecule has 0 spiro atoms. The average molecular weight is 518 g/mol. The second-order valence-electron chi connectivity index (χ2n) is 8.58. The van der Waals surface area contributed by atoms with Crippen LogP contribution in [0, 0.1) is 10.1 Å². The van der Waals surface area contributed by atoms with Gasteiger partial charge in [0.2, 0.25) is 6.79 Å². The van der Waals surface area contributed by atoms with Gasteiger partial charge >= 0.3 is 0 Å². The predicted octanol–water partition coefficient (Wildman–Crippen LogP) is 5.36. The maximum Gasteiger partial charge on any atom is 0.282 e. The van der Waals surface area contributed by atoms with Gasteiger partial charge in [0, 0.05) is 16.7 Å². The van der Waals surface area contributed by atoms with Gasteiger partial charge in [-0.3, -0.25) is 14.9 Å². The van der Waals surface area contributed by atoms with Crippen molar-refractivity contribution in [2.24, 2.45) is 5.10 Å². The minimum Gasteiger partial charge on any atom is -0.454 e. The fraction of sp³-hybridized carbons (Fsp3) is 0.0345. The number of carbonyl (C=O) groups is 1. The first-order valence-electron chi connectivity index (χ1n) is 11.9. The molecular weight excluding hydrogens is 498 g/mol. The Labute approximate surface area is 221 Å². The zero-order valence-corrected chi connectivity index (χ0v) is 20.3. The lowest BCUT2D eigenvalue weighted by Gasteiger charge is -2.11. The first-order valence-corrected chi connectivity index (χ1v) is 11.9. The Morgan fingerprint density at radius 1 is 0.846 bits per heavy atom. The van der Waals surface area contributed by atoms with Crippen molar-refractivity contribution in [3.05, 3.63) is 112 Å². The Bertz CT molecular complexity index is 1760. The standard InChI is InChI=1S/C29H19N5O5/c35-29(33-30-16-21-14-25-26(39-17-38-25)15-24(21)34(36)37)20-11-12-22-23(13-20)32-28(19-9-5-2-6-10-19)27(31-22)18-7-3-1-4-8-18/h1-16H,17H2,(H,33,35). The van der Waals surface area contributed by atoms with E-state index in [4.69, 9.17) is 19.4 Å². The predicted molar refractivity (Wildman–Crippen MR) is 145 cm³/mol. The van der Waals surface area contributed by atoms with Crippen LogP contribution in [0.5, 0.6) is 11.5 Å². The molecule has 190 valence electrons. The van der Waals surface area contributed by atoms with Crippen LogP contribution >= 0.6 is 0 Å². The van der Waals surface area contributed by atoms with E-state index in [2.05, 4.69) is 10.5 Å². The zero-order valence-electron chi connectivity index (χ0n) is 20.3. The van der Waals surface area contributed by atoms with Crippen LogP contribution in [-0.2, 0) is 0 Å². The van der Waals surface area contributed by atoms with E-state index in [1.807, 2.05) is 60.7 Å². The number of benzene rings is 4. The normalized spacial score (nSPS) is 12.1. The van der Waals surface area contributed by atoms with Crippen molar-refractivity contribution in [2.45, 2.75) is 0 Å². The van der Waals surface area contributed by atoms with E-state index < -0.39 is 10.8 Å². The van der Waals surface area contributed by atoms with Crippen molar-refractivity contribution in [3.8, 4) is 34.0 Å². The van der Waals surface area contributed by atoms with Crippen LogP contribution in [0.1, 0.15) is 15.9 Å². The molecule has 10 nitrogen and oxygen atoms in total. The van der Waals surface area contributed by atoms with Gasteiger partial charge in [-0.05, 0) is 24.3 Å². The van der Waals surface area contributed by atoms with Crippen LogP contribution in [0.3, 0.4) is 0 Å². The molecule has 1 N–H and O–H groups in total. The second kappa shape index (κ2) is 10.0. The number of nitrogens with one attached hydrogen (secondary N) is 1. The molecular formula is C29H19N5O5.